The largest absolute Gasteiger partial charge is 0.418 e. The molecule has 3 N–H and O–H groups in total. The minimum atomic E-state index is -4.33. The molecule has 2 atom stereocenters. The van der Waals surface area contributed by atoms with Crippen LogP contribution in [0.1, 0.15) is 31.2 Å². The summed E-state index contributed by atoms with van der Waals surface area (Å²) in [6.45, 7) is 0. The van der Waals surface area contributed by atoms with Gasteiger partial charge in [0, 0.05) is 17.8 Å². The van der Waals surface area contributed by atoms with Crippen LogP contribution in [-0.4, -0.2) is 12.1 Å². The van der Waals surface area contributed by atoms with E-state index in [1.54, 1.807) is 6.07 Å². The second-order valence-corrected chi connectivity index (χ2v) is 4.74. The second-order valence-electron chi connectivity index (χ2n) is 4.74. The van der Waals surface area contributed by atoms with Gasteiger partial charge in [-0.25, -0.2) is 0 Å². The Balaban J connectivity index is 2.18. The van der Waals surface area contributed by atoms with Gasteiger partial charge in [-0.3, -0.25) is 0 Å². The molecule has 18 heavy (non-hydrogen) atoms. The molecule has 1 aliphatic carbocycles. The van der Waals surface area contributed by atoms with Gasteiger partial charge in [0.05, 0.1) is 5.56 Å². The Bertz CT molecular complexity index is 403. The van der Waals surface area contributed by atoms with Crippen LogP contribution in [0.4, 0.5) is 18.9 Å². The molecule has 1 aliphatic rings. The zero-order valence-corrected chi connectivity index (χ0v) is 10.0. The van der Waals surface area contributed by atoms with Crippen molar-refractivity contribution in [2.45, 2.75) is 43.9 Å². The summed E-state index contributed by atoms with van der Waals surface area (Å²) in [5.74, 6) is 0. The molecule has 1 saturated carbocycles. The van der Waals surface area contributed by atoms with E-state index in [0.717, 1.165) is 31.7 Å². The molecular weight excluding hydrogens is 241 g/mol. The number of hydrogen-bond donors (Lipinski definition) is 2. The first-order valence-electron chi connectivity index (χ1n) is 6.17. The number of anilines is 1. The van der Waals surface area contributed by atoms with Crippen molar-refractivity contribution in [3.63, 3.8) is 0 Å². The summed E-state index contributed by atoms with van der Waals surface area (Å²) in [6.07, 6.45) is -0.568. The lowest BCUT2D eigenvalue weighted by atomic mass is 9.90. The van der Waals surface area contributed by atoms with Gasteiger partial charge in [-0.05, 0) is 25.0 Å². The van der Waals surface area contributed by atoms with Crippen LogP contribution in [0, 0.1) is 0 Å². The van der Waals surface area contributed by atoms with Crippen LogP contribution in [0.25, 0.3) is 0 Å². The molecule has 0 aliphatic heterocycles. The monoisotopic (exact) mass is 258 g/mol. The molecule has 1 fully saturated rings. The number of hydrogen-bond acceptors (Lipinski definition) is 2. The van der Waals surface area contributed by atoms with Gasteiger partial charge in [-0.1, -0.05) is 25.0 Å². The topological polar surface area (TPSA) is 38.0 Å². The lowest BCUT2D eigenvalue weighted by Crippen LogP contribution is -2.42. The van der Waals surface area contributed by atoms with E-state index in [1.165, 1.54) is 12.1 Å². The maximum Gasteiger partial charge on any atom is 0.418 e. The summed E-state index contributed by atoms with van der Waals surface area (Å²) in [6, 6.07) is 5.42. The Hall–Kier alpha value is -1.23. The molecule has 0 amide bonds. The second kappa shape index (κ2) is 5.18. The average Bonchev–Trinajstić information content (AvgIpc) is 2.31. The zero-order valence-electron chi connectivity index (χ0n) is 10.0. The minimum Gasteiger partial charge on any atom is -0.380 e. The number of alkyl halides is 3. The average molecular weight is 258 g/mol. The quantitative estimate of drug-likeness (QED) is 0.853. The Labute approximate surface area is 104 Å². The SMILES string of the molecule is NC1CCCCC1Nc1ccccc1C(F)(F)F. The summed E-state index contributed by atoms with van der Waals surface area (Å²) in [7, 11) is 0. The lowest BCUT2D eigenvalue weighted by molar-refractivity contribution is -0.137. The van der Waals surface area contributed by atoms with Gasteiger partial charge in [0.25, 0.3) is 0 Å². The summed E-state index contributed by atoms with van der Waals surface area (Å²) < 4.78 is 38.5. The fraction of sp³-hybridized carbons (Fsp3) is 0.538. The predicted molar refractivity (Wildman–Crippen MR) is 65.3 cm³/mol. The third-order valence-electron chi connectivity index (χ3n) is 3.39. The van der Waals surface area contributed by atoms with E-state index in [2.05, 4.69) is 5.32 Å². The van der Waals surface area contributed by atoms with E-state index in [-0.39, 0.29) is 17.8 Å². The third kappa shape index (κ3) is 2.96. The van der Waals surface area contributed by atoms with Crippen LogP contribution >= 0.6 is 0 Å². The van der Waals surface area contributed by atoms with E-state index in [9.17, 15) is 13.2 Å². The van der Waals surface area contributed by atoms with E-state index in [4.69, 9.17) is 5.73 Å². The summed E-state index contributed by atoms with van der Waals surface area (Å²) in [5.41, 5.74) is 5.45. The summed E-state index contributed by atoms with van der Waals surface area (Å²) in [4.78, 5) is 0. The highest BCUT2D eigenvalue weighted by atomic mass is 19.4. The molecule has 0 aromatic heterocycles. The van der Waals surface area contributed by atoms with Gasteiger partial charge in [-0.2, -0.15) is 13.2 Å². The molecule has 0 heterocycles. The molecule has 1 aromatic carbocycles. The van der Waals surface area contributed by atoms with Crippen molar-refractivity contribution in [3.05, 3.63) is 29.8 Å². The Morgan fingerprint density at radius 2 is 1.78 bits per heavy atom. The first-order valence-corrected chi connectivity index (χ1v) is 6.17. The summed E-state index contributed by atoms with van der Waals surface area (Å²) in [5, 5.41) is 2.96. The molecule has 0 bridgehead atoms. The maximum absolute atomic E-state index is 12.8. The van der Waals surface area contributed by atoms with Crippen LogP contribution in [-0.2, 0) is 6.18 Å². The Morgan fingerprint density at radius 3 is 2.44 bits per heavy atom. The highest BCUT2D eigenvalue weighted by Gasteiger charge is 2.34. The molecule has 1 aromatic rings. The molecule has 0 radical (unpaired) electrons. The van der Waals surface area contributed by atoms with Gasteiger partial charge < -0.3 is 11.1 Å². The van der Waals surface area contributed by atoms with E-state index in [1.807, 2.05) is 0 Å². The number of rotatable bonds is 2. The molecule has 2 unspecified atom stereocenters. The van der Waals surface area contributed by atoms with Crippen molar-refractivity contribution in [1.82, 2.24) is 0 Å². The standard InChI is InChI=1S/C13H17F3N2/c14-13(15,16)9-5-1-3-7-11(9)18-12-8-4-2-6-10(12)17/h1,3,5,7,10,12,18H,2,4,6,8,17H2. The number of halogens is 3. The van der Waals surface area contributed by atoms with Gasteiger partial charge in [0.15, 0.2) is 0 Å². The fourth-order valence-electron chi connectivity index (χ4n) is 2.39. The number of para-hydroxylation sites is 1. The van der Waals surface area contributed by atoms with Crippen molar-refractivity contribution in [3.8, 4) is 0 Å². The normalized spacial score (nSPS) is 24.9. The van der Waals surface area contributed by atoms with Gasteiger partial charge >= 0.3 is 6.18 Å². The van der Waals surface area contributed by atoms with E-state index < -0.39 is 11.7 Å². The number of benzene rings is 1. The highest BCUT2D eigenvalue weighted by molar-refractivity contribution is 5.53. The van der Waals surface area contributed by atoms with Gasteiger partial charge in [0.1, 0.15) is 0 Å². The van der Waals surface area contributed by atoms with Crippen molar-refractivity contribution >= 4 is 5.69 Å². The van der Waals surface area contributed by atoms with Crippen molar-refractivity contribution in [1.29, 1.82) is 0 Å². The lowest BCUT2D eigenvalue weighted by Gasteiger charge is -2.31. The van der Waals surface area contributed by atoms with Crippen molar-refractivity contribution < 1.29 is 13.2 Å². The van der Waals surface area contributed by atoms with Gasteiger partial charge in [0.2, 0.25) is 0 Å². The molecule has 0 spiro atoms. The minimum absolute atomic E-state index is 0.0674. The molecule has 100 valence electrons. The van der Waals surface area contributed by atoms with Crippen molar-refractivity contribution in [2.75, 3.05) is 5.32 Å². The number of nitrogens with one attached hydrogen (secondary N) is 1. The Morgan fingerprint density at radius 1 is 1.11 bits per heavy atom. The molecule has 2 nitrogen and oxygen atoms in total. The van der Waals surface area contributed by atoms with Gasteiger partial charge in [-0.15, -0.1) is 0 Å². The van der Waals surface area contributed by atoms with Crippen LogP contribution in [0.15, 0.2) is 24.3 Å². The van der Waals surface area contributed by atoms with Crippen LogP contribution in [0.5, 0.6) is 0 Å². The highest BCUT2D eigenvalue weighted by Crippen LogP contribution is 2.35. The smallest absolute Gasteiger partial charge is 0.380 e. The summed E-state index contributed by atoms with van der Waals surface area (Å²) >= 11 is 0. The van der Waals surface area contributed by atoms with Crippen LogP contribution in [0.2, 0.25) is 0 Å². The molecular formula is C13H17F3N2. The van der Waals surface area contributed by atoms with E-state index in [0.29, 0.717) is 0 Å². The molecule has 0 saturated heterocycles. The first kappa shape index (κ1) is 13.2. The molecule has 2 rings (SSSR count). The predicted octanol–water partition coefficient (Wildman–Crippen LogP) is 3.39. The van der Waals surface area contributed by atoms with E-state index >= 15 is 0 Å². The number of nitrogens with two attached hydrogens (primary N) is 1. The third-order valence-corrected chi connectivity index (χ3v) is 3.39. The molecule has 5 heteroatoms. The fourth-order valence-corrected chi connectivity index (χ4v) is 2.39. The van der Waals surface area contributed by atoms with Crippen LogP contribution < -0.4 is 11.1 Å². The van der Waals surface area contributed by atoms with Crippen molar-refractivity contribution in [2.24, 2.45) is 5.73 Å². The zero-order chi connectivity index (χ0) is 13.2. The maximum atomic E-state index is 12.8. The Kier molecular flexibility index (Phi) is 3.80. The first-order chi connectivity index (χ1) is 8.48. The van der Waals surface area contributed by atoms with Crippen LogP contribution in [0.3, 0.4) is 0 Å².